The average Bonchev–Trinajstić information content (AvgIpc) is 3.47. The van der Waals surface area contributed by atoms with E-state index in [1.807, 2.05) is 31.2 Å². The Balaban J connectivity index is 1.07. The number of hydrogen-bond donors (Lipinski definition) is 1. The molecule has 2 saturated heterocycles. The predicted octanol–water partition coefficient (Wildman–Crippen LogP) is 5.93. The van der Waals surface area contributed by atoms with Gasteiger partial charge >= 0.3 is 5.97 Å². The molecule has 3 unspecified atom stereocenters. The highest BCUT2D eigenvalue weighted by Gasteiger charge is 2.42. The number of benzene rings is 2. The summed E-state index contributed by atoms with van der Waals surface area (Å²) in [7, 11) is 0. The number of aromatic carboxylic acids is 1. The highest BCUT2D eigenvalue weighted by atomic mass is 35.5. The summed E-state index contributed by atoms with van der Waals surface area (Å²) < 4.78 is 26.9. The van der Waals surface area contributed by atoms with Crippen molar-refractivity contribution in [2.24, 2.45) is 5.92 Å². The van der Waals surface area contributed by atoms with Gasteiger partial charge in [-0.2, -0.15) is 0 Å². The third-order valence-corrected chi connectivity index (χ3v) is 8.47. The van der Waals surface area contributed by atoms with Crippen molar-refractivity contribution in [1.29, 1.82) is 0 Å². The molecule has 1 N–H and O–H groups in total. The van der Waals surface area contributed by atoms with Gasteiger partial charge in [-0.25, -0.2) is 9.78 Å². The summed E-state index contributed by atoms with van der Waals surface area (Å²) in [6, 6.07) is 14.6. The van der Waals surface area contributed by atoms with Crippen LogP contribution in [0.15, 0.2) is 54.7 Å². The van der Waals surface area contributed by atoms with Crippen LogP contribution in [0.4, 0.5) is 0 Å². The minimum Gasteiger partial charge on any atom is -0.478 e. The maximum atomic E-state index is 11.6. The Labute approximate surface area is 242 Å². The number of carbonyl (C=O) groups is 1. The molecule has 4 atom stereocenters. The van der Waals surface area contributed by atoms with Gasteiger partial charge in [-0.1, -0.05) is 23.7 Å². The first-order chi connectivity index (χ1) is 19.9. The van der Waals surface area contributed by atoms with Gasteiger partial charge in [0.1, 0.15) is 11.5 Å². The van der Waals surface area contributed by atoms with Gasteiger partial charge in [-0.3, -0.25) is 4.98 Å². The zero-order chi connectivity index (χ0) is 28.1. The fourth-order valence-electron chi connectivity index (χ4n) is 5.92. The number of carboxylic acid groups (broad SMARTS) is 1. The smallest absolute Gasteiger partial charge is 0.335 e. The molecule has 2 aromatic carbocycles. The number of para-hydroxylation sites is 1. The van der Waals surface area contributed by atoms with Crippen LogP contribution in [-0.4, -0.2) is 44.9 Å². The number of hydrogen-bond acceptors (Lipinski definition) is 7. The van der Waals surface area contributed by atoms with Gasteiger partial charge in [-0.15, -0.1) is 0 Å². The van der Waals surface area contributed by atoms with E-state index in [9.17, 15) is 9.90 Å². The van der Waals surface area contributed by atoms with E-state index in [4.69, 9.17) is 35.5 Å². The molecule has 212 valence electrons. The Bertz CT molecular complexity index is 1610. The lowest BCUT2D eigenvalue weighted by molar-refractivity contribution is -0.0742. The van der Waals surface area contributed by atoms with E-state index in [-0.39, 0.29) is 23.7 Å². The van der Waals surface area contributed by atoms with Crippen molar-refractivity contribution >= 4 is 28.6 Å². The van der Waals surface area contributed by atoms with Crippen LogP contribution >= 0.6 is 11.6 Å². The summed E-state index contributed by atoms with van der Waals surface area (Å²) in [5.74, 6) is 0.574. The van der Waals surface area contributed by atoms with Crippen molar-refractivity contribution < 1.29 is 28.8 Å². The number of rotatable bonds is 7. The zero-order valence-electron chi connectivity index (χ0n) is 22.6. The fourth-order valence-corrected chi connectivity index (χ4v) is 6.03. The molecule has 0 bridgehead atoms. The van der Waals surface area contributed by atoms with E-state index in [0.29, 0.717) is 35.4 Å². The molecule has 2 aromatic heterocycles. The van der Waals surface area contributed by atoms with Crippen molar-refractivity contribution in [3.05, 3.63) is 82.4 Å². The number of ether oxygens (including phenoxy) is 4. The quantitative estimate of drug-likeness (QED) is 0.289. The molecule has 3 aliphatic heterocycles. The molecule has 2 fully saturated rings. The monoisotopic (exact) mass is 575 g/mol. The van der Waals surface area contributed by atoms with Crippen molar-refractivity contribution in [3.8, 4) is 11.5 Å². The molecular formula is C31H30ClN3O6. The van der Waals surface area contributed by atoms with Crippen LogP contribution in [0.3, 0.4) is 0 Å². The number of pyridine rings is 1. The van der Waals surface area contributed by atoms with E-state index < -0.39 is 11.8 Å². The van der Waals surface area contributed by atoms with Crippen molar-refractivity contribution in [3.63, 3.8) is 0 Å². The van der Waals surface area contributed by atoms with E-state index in [0.717, 1.165) is 54.7 Å². The Morgan fingerprint density at radius 2 is 2.00 bits per heavy atom. The Hall–Kier alpha value is -3.66. The van der Waals surface area contributed by atoms with Crippen LogP contribution in [0.1, 0.15) is 59.7 Å². The summed E-state index contributed by atoms with van der Waals surface area (Å²) in [5, 5.41) is 10.1. The Kier molecular flexibility index (Phi) is 6.60. The topological polar surface area (TPSA) is 105 Å². The molecule has 9 nitrogen and oxygen atoms in total. The second kappa shape index (κ2) is 10.3. The van der Waals surface area contributed by atoms with Crippen LogP contribution in [0.25, 0.3) is 11.0 Å². The number of aromatic nitrogens is 3. The maximum absolute atomic E-state index is 11.6. The molecule has 10 heteroatoms. The van der Waals surface area contributed by atoms with Crippen LogP contribution in [0, 0.1) is 5.92 Å². The molecule has 0 radical (unpaired) electrons. The van der Waals surface area contributed by atoms with Crippen molar-refractivity contribution in [1.82, 2.24) is 14.5 Å². The van der Waals surface area contributed by atoms with E-state index in [1.165, 1.54) is 0 Å². The molecule has 0 amide bonds. The molecule has 0 spiro atoms. The van der Waals surface area contributed by atoms with Crippen molar-refractivity contribution in [2.45, 2.75) is 57.1 Å². The van der Waals surface area contributed by atoms with Crippen molar-refractivity contribution in [2.75, 3.05) is 13.2 Å². The van der Waals surface area contributed by atoms with Gasteiger partial charge in [0.05, 0.1) is 47.0 Å². The number of imidazole rings is 1. The van der Waals surface area contributed by atoms with Gasteiger partial charge in [0.2, 0.25) is 0 Å². The largest absolute Gasteiger partial charge is 0.478 e. The third-order valence-electron chi connectivity index (χ3n) is 8.25. The molecule has 7 rings (SSSR count). The first-order valence-corrected chi connectivity index (χ1v) is 14.3. The van der Waals surface area contributed by atoms with Gasteiger partial charge in [-0.05, 0) is 61.6 Å². The third kappa shape index (κ3) is 4.92. The average molecular weight is 576 g/mol. The molecular weight excluding hydrogens is 546 g/mol. The minimum atomic E-state index is -1.05. The molecule has 41 heavy (non-hydrogen) atoms. The van der Waals surface area contributed by atoms with Crippen LogP contribution in [-0.2, 0) is 28.2 Å². The lowest BCUT2D eigenvalue weighted by Crippen LogP contribution is -2.33. The molecule has 3 aliphatic rings. The maximum Gasteiger partial charge on any atom is 0.335 e. The Morgan fingerprint density at radius 1 is 1.12 bits per heavy atom. The minimum absolute atomic E-state index is 0.120. The van der Waals surface area contributed by atoms with Gasteiger partial charge < -0.3 is 28.6 Å². The first kappa shape index (κ1) is 26.3. The highest BCUT2D eigenvalue weighted by Crippen LogP contribution is 2.49. The van der Waals surface area contributed by atoms with E-state index in [1.54, 1.807) is 30.5 Å². The number of carboxylic acids is 1. The lowest BCUT2D eigenvalue weighted by Gasteiger charge is -2.31. The normalized spacial score (nSPS) is 25.3. The second-order valence-electron chi connectivity index (χ2n) is 11.1. The molecule has 0 saturated carbocycles. The summed E-state index contributed by atoms with van der Waals surface area (Å²) in [4.78, 5) is 20.9. The molecule has 4 aromatic rings. The van der Waals surface area contributed by atoms with Crippen LogP contribution < -0.4 is 9.47 Å². The number of halogens is 1. The first-order valence-electron chi connectivity index (χ1n) is 13.9. The summed E-state index contributed by atoms with van der Waals surface area (Å²) in [5.41, 5.74) is 3.50. The molecule has 0 aliphatic carbocycles. The highest BCUT2D eigenvalue weighted by molar-refractivity contribution is 6.30. The lowest BCUT2D eigenvalue weighted by atomic mass is 9.92. The second-order valence-corrected chi connectivity index (χ2v) is 11.5. The SMILES string of the molecule is CC1(c2ccc(Cl)cn2)Oc2cccc(C3CCC(Cc4nc5ccc(C(=O)O)cc5n4C[C@@H]4CCO4)CO3)c2O1. The van der Waals surface area contributed by atoms with Crippen LogP contribution in [0.2, 0.25) is 5.02 Å². The number of nitrogens with zero attached hydrogens (tertiary/aromatic N) is 3. The van der Waals surface area contributed by atoms with E-state index >= 15 is 0 Å². The summed E-state index contributed by atoms with van der Waals surface area (Å²) in [6.45, 7) is 3.86. The standard InChI is InChI=1S/C31H30ClN3O6/c1-31(27-10-7-20(32)15-33-27)40-26-4-2-3-22(29(26)41-31)25-9-5-18(17-39-25)13-28-34-23-8-6-19(30(36)37)14-24(23)35(28)16-21-11-12-38-21/h2-4,6-8,10,14-15,18,21,25H,5,9,11-13,16-17H2,1H3,(H,36,37)/t18?,21-,25?,31?/m0/s1. The summed E-state index contributed by atoms with van der Waals surface area (Å²) >= 11 is 6.03. The zero-order valence-corrected chi connectivity index (χ0v) is 23.3. The molecule has 5 heterocycles. The van der Waals surface area contributed by atoms with Gasteiger partial charge in [0.15, 0.2) is 11.5 Å². The number of fused-ring (bicyclic) bond motifs is 2. The van der Waals surface area contributed by atoms with Crippen LogP contribution in [0.5, 0.6) is 11.5 Å². The van der Waals surface area contributed by atoms with E-state index in [2.05, 4.69) is 9.55 Å². The predicted molar refractivity (Wildman–Crippen MR) is 150 cm³/mol. The Morgan fingerprint density at radius 3 is 2.71 bits per heavy atom. The summed E-state index contributed by atoms with van der Waals surface area (Å²) in [6.07, 6.45) is 5.11. The van der Waals surface area contributed by atoms with Gasteiger partial charge in [0.25, 0.3) is 5.79 Å². The fraction of sp³-hybridized carbons (Fsp3) is 0.387. The van der Waals surface area contributed by atoms with Gasteiger partial charge in [0, 0.05) is 31.7 Å².